The van der Waals surface area contributed by atoms with E-state index in [1.54, 1.807) is 44.2 Å². The molecule has 0 radical (unpaired) electrons. The van der Waals surface area contributed by atoms with E-state index in [4.69, 9.17) is 5.73 Å². The Morgan fingerprint density at radius 2 is 1.23 bits per heavy atom. The Morgan fingerprint density at radius 1 is 0.723 bits per heavy atom. The van der Waals surface area contributed by atoms with Gasteiger partial charge in [0.1, 0.15) is 30.2 Å². The summed E-state index contributed by atoms with van der Waals surface area (Å²) >= 11 is 7.96. The van der Waals surface area contributed by atoms with Crippen LogP contribution in [-0.4, -0.2) is 99.6 Å². The molecule has 0 spiro atoms. The minimum absolute atomic E-state index is 0.00222. The first kappa shape index (κ1) is 41.7. The van der Waals surface area contributed by atoms with E-state index in [-0.39, 0.29) is 30.3 Å². The van der Waals surface area contributed by atoms with Gasteiger partial charge >= 0.3 is 5.97 Å². The number of rotatable bonds is 20. The van der Waals surface area contributed by atoms with E-state index < -0.39 is 83.8 Å². The molecule has 14 nitrogen and oxygen atoms in total. The SMILES string of the molecule is CC[C@H](C)[C@H](NC(=O)[C@@H](NC(=O)[C@@H](N)CS)[C@@H](C)O)C(=O)N[C@@H](Cc1ccccc1)C(=O)N[C@@H](CC(C)C)C(=O)N[C@@H](CS)C(=O)O. The lowest BCUT2D eigenvalue weighted by Gasteiger charge is -2.30. The maximum absolute atomic E-state index is 13.8. The van der Waals surface area contributed by atoms with E-state index in [0.717, 1.165) is 0 Å². The van der Waals surface area contributed by atoms with Crippen LogP contribution in [0.25, 0.3) is 0 Å². The van der Waals surface area contributed by atoms with Crippen molar-refractivity contribution >= 4 is 60.8 Å². The van der Waals surface area contributed by atoms with E-state index in [1.807, 2.05) is 13.8 Å². The van der Waals surface area contributed by atoms with Crippen LogP contribution in [-0.2, 0) is 35.2 Å². The lowest BCUT2D eigenvalue weighted by molar-refractivity contribution is -0.141. The third kappa shape index (κ3) is 14.1. The van der Waals surface area contributed by atoms with Gasteiger partial charge in [-0.05, 0) is 30.7 Å². The number of aliphatic hydroxyl groups is 1. The standard InChI is InChI=1S/C31H50N6O8S2/c1-6-17(4)24(36-30(43)25(18(5)38)37-26(39)20(32)14-46)29(42)34-22(13-19-10-8-7-9-11-19)28(41)33-21(12-16(2)3)27(40)35-23(15-47)31(44)45/h7-11,16-18,20-25,38,46-47H,6,12-15,32H2,1-5H3,(H,33,41)(H,34,42)(H,35,40)(H,36,43)(H,37,39)(H,44,45)/t17-,18+,20-,21-,22-,23-,24-,25-/m0/s1. The summed E-state index contributed by atoms with van der Waals surface area (Å²) in [6.07, 6.45) is -0.693. The molecule has 8 atom stereocenters. The van der Waals surface area contributed by atoms with Crippen molar-refractivity contribution in [2.45, 2.75) is 96.2 Å². The van der Waals surface area contributed by atoms with Crippen molar-refractivity contribution in [2.24, 2.45) is 17.6 Å². The number of amides is 5. The number of carbonyl (C=O) groups is 6. The number of aliphatic hydroxyl groups excluding tert-OH is 1. The zero-order chi connectivity index (χ0) is 35.8. The van der Waals surface area contributed by atoms with Gasteiger partial charge < -0.3 is 42.5 Å². The van der Waals surface area contributed by atoms with Crippen LogP contribution < -0.4 is 32.3 Å². The Hall–Kier alpha value is -3.34. The van der Waals surface area contributed by atoms with Crippen molar-refractivity contribution in [3.8, 4) is 0 Å². The Kier molecular flexibility index (Phi) is 18.4. The van der Waals surface area contributed by atoms with E-state index in [9.17, 15) is 39.0 Å². The second-order valence-corrected chi connectivity index (χ2v) is 12.6. The van der Waals surface area contributed by atoms with E-state index >= 15 is 0 Å². The molecule has 1 rings (SSSR count). The monoisotopic (exact) mass is 698 g/mol. The van der Waals surface area contributed by atoms with Crippen LogP contribution >= 0.6 is 25.3 Å². The Bertz CT molecular complexity index is 1210. The highest BCUT2D eigenvalue weighted by Crippen LogP contribution is 2.12. The molecular weight excluding hydrogens is 649 g/mol. The van der Waals surface area contributed by atoms with E-state index in [0.29, 0.717) is 12.0 Å². The van der Waals surface area contributed by atoms with Crippen LogP contribution in [0.4, 0.5) is 0 Å². The number of carboxylic acids is 1. The van der Waals surface area contributed by atoms with Crippen molar-refractivity contribution in [1.82, 2.24) is 26.6 Å². The van der Waals surface area contributed by atoms with Crippen molar-refractivity contribution in [3.05, 3.63) is 35.9 Å². The fourth-order valence-electron chi connectivity index (χ4n) is 4.45. The molecule has 264 valence electrons. The Morgan fingerprint density at radius 3 is 1.72 bits per heavy atom. The van der Waals surface area contributed by atoms with Gasteiger partial charge in [-0.1, -0.05) is 64.4 Å². The van der Waals surface area contributed by atoms with Crippen molar-refractivity contribution in [1.29, 1.82) is 0 Å². The van der Waals surface area contributed by atoms with Crippen LogP contribution in [0.15, 0.2) is 30.3 Å². The summed E-state index contributed by atoms with van der Waals surface area (Å²) in [5.41, 5.74) is 6.39. The number of benzene rings is 1. The smallest absolute Gasteiger partial charge is 0.327 e. The van der Waals surface area contributed by atoms with Gasteiger partial charge in [0, 0.05) is 17.9 Å². The van der Waals surface area contributed by atoms with Gasteiger partial charge in [0.2, 0.25) is 29.5 Å². The highest BCUT2D eigenvalue weighted by atomic mass is 32.1. The number of aliphatic carboxylic acids is 1. The summed E-state index contributed by atoms with van der Waals surface area (Å²) in [5.74, 6) is -5.64. The molecule has 0 unspecified atom stereocenters. The molecule has 0 heterocycles. The zero-order valence-corrected chi connectivity index (χ0v) is 29.2. The normalized spacial score (nSPS) is 16.3. The number of carboxylic acid groups (broad SMARTS) is 1. The summed E-state index contributed by atoms with van der Waals surface area (Å²) in [4.78, 5) is 77.7. The summed E-state index contributed by atoms with van der Waals surface area (Å²) in [7, 11) is 0. The second kappa shape index (κ2) is 20.8. The second-order valence-electron chi connectivity index (χ2n) is 11.9. The lowest BCUT2D eigenvalue weighted by Crippen LogP contribution is -2.62. The number of hydrogen-bond donors (Lipinski definition) is 10. The molecule has 0 aliphatic heterocycles. The van der Waals surface area contributed by atoms with Gasteiger partial charge in [0.05, 0.1) is 12.1 Å². The molecule has 1 aromatic carbocycles. The molecule has 16 heteroatoms. The molecule has 5 amide bonds. The van der Waals surface area contributed by atoms with Gasteiger partial charge in [0.25, 0.3) is 0 Å². The Labute approximate surface area is 287 Å². The molecule has 47 heavy (non-hydrogen) atoms. The molecule has 0 fully saturated rings. The Balaban J connectivity index is 3.35. The fourth-order valence-corrected chi connectivity index (χ4v) is 4.86. The zero-order valence-electron chi connectivity index (χ0n) is 27.4. The average molecular weight is 699 g/mol. The van der Waals surface area contributed by atoms with Crippen molar-refractivity contribution in [2.75, 3.05) is 11.5 Å². The first-order chi connectivity index (χ1) is 22.1. The van der Waals surface area contributed by atoms with Crippen molar-refractivity contribution in [3.63, 3.8) is 0 Å². The summed E-state index contributed by atoms with van der Waals surface area (Å²) in [5, 5.41) is 32.4. The molecule has 9 N–H and O–H groups in total. The van der Waals surface area contributed by atoms with Gasteiger partial charge in [-0.2, -0.15) is 25.3 Å². The molecule has 0 bridgehead atoms. The third-order valence-electron chi connectivity index (χ3n) is 7.44. The van der Waals surface area contributed by atoms with Crippen LogP contribution in [0.5, 0.6) is 0 Å². The maximum atomic E-state index is 13.8. The molecular formula is C31H50N6O8S2. The molecule has 0 saturated heterocycles. The number of carbonyl (C=O) groups excluding carboxylic acids is 5. The van der Waals surface area contributed by atoms with Crippen LogP contribution in [0.2, 0.25) is 0 Å². The van der Waals surface area contributed by atoms with E-state index in [1.165, 1.54) is 6.92 Å². The molecule has 0 aliphatic carbocycles. The first-order valence-corrected chi connectivity index (χ1v) is 16.8. The predicted molar refractivity (Wildman–Crippen MR) is 184 cm³/mol. The molecule has 1 aromatic rings. The first-order valence-electron chi connectivity index (χ1n) is 15.5. The third-order valence-corrected chi connectivity index (χ3v) is 8.20. The number of nitrogens with one attached hydrogen (secondary N) is 5. The van der Waals surface area contributed by atoms with Crippen LogP contribution in [0.3, 0.4) is 0 Å². The molecule has 0 aliphatic rings. The summed E-state index contributed by atoms with van der Waals surface area (Å²) < 4.78 is 0. The molecule has 0 saturated carbocycles. The maximum Gasteiger partial charge on any atom is 0.327 e. The highest BCUT2D eigenvalue weighted by molar-refractivity contribution is 7.80. The van der Waals surface area contributed by atoms with Gasteiger partial charge in [-0.25, -0.2) is 4.79 Å². The van der Waals surface area contributed by atoms with Gasteiger partial charge in [0.15, 0.2) is 0 Å². The van der Waals surface area contributed by atoms with Gasteiger partial charge in [-0.3, -0.25) is 24.0 Å². The predicted octanol–water partition coefficient (Wildman–Crippen LogP) is -0.602. The van der Waals surface area contributed by atoms with Gasteiger partial charge in [-0.15, -0.1) is 0 Å². The molecule has 0 aromatic heterocycles. The number of hydrogen-bond acceptors (Lipinski definition) is 10. The minimum Gasteiger partial charge on any atom is -0.480 e. The lowest BCUT2D eigenvalue weighted by atomic mass is 9.96. The highest BCUT2D eigenvalue weighted by Gasteiger charge is 2.35. The fraction of sp³-hybridized carbons (Fsp3) is 0.613. The number of nitrogens with two attached hydrogens (primary N) is 1. The van der Waals surface area contributed by atoms with Crippen molar-refractivity contribution < 1.29 is 39.0 Å². The number of thiol groups is 2. The summed E-state index contributed by atoms with van der Waals surface area (Å²) in [6.45, 7) is 8.48. The van der Waals surface area contributed by atoms with Crippen LogP contribution in [0.1, 0.15) is 53.0 Å². The largest absolute Gasteiger partial charge is 0.480 e. The average Bonchev–Trinajstić information content (AvgIpc) is 3.02. The minimum atomic E-state index is -1.43. The quantitative estimate of drug-likeness (QED) is 0.0783. The summed E-state index contributed by atoms with van der Waals surface area (Å²) in [6, 6.07) is 1.57. The van der Waals surface area contributed by atoms with E-state index in [2.05, 4.69) is 51.8 Å². The van der Waals surface area contributed by atoms with Crippen LogP contribution in [0, 0.1) is 11.8 Å². The topological polar surface area (TPSA) is 229 Å².